The highest BCUT2D eigenvalue weighted by molar-refractivity contribution is 14.1. The summed E-state index contributed by atoms with van der Waals surface area (Å²) in [6.45, 7) is 0. The minimum absolute atomic E-state index is 0.180. The van der Waals surface area contributed by atoms with Crippen LogP contribution in [0.2, 0.25) is 8.67 Å². The van der Waals surface area contributed by atoms with Gasteiger partial charge >= 0.3 is 0 Å². The first-order chi connectivity index (χ1) is 7.08. The zero-order valence-corrected chi connectivity index (χ0v) is 12.6. The lowest BCUT2D eigenvalue weighted by atomic mass is 10.1. The maximum Gasteiger partial charge on any atom is 0.0995 e. The first-order valence-electron chi connectivity index (χ1n) is 4.02. The van der Waals surface area contributed by atoms with Crippen molar-refractivity contribution >= 4 is 68.5 Å². The molecule has 0 radical (unpaired) electrons. The van der Waals surface area contributed by atoms with E-state index in [1.165, 1.54) is 14.2 Å². The van der Waals surface area contributed by atoms with Crippen LogP contribution in [-0.4, -0.2) is 0 Å². The molecule has 0 bridgehead atoms. The Balaban J connectivity index is 2.35. The van der Waals surface area contributed by atoms with Crippen molar-refractivity contribution in [3.05, 3.63) is 40.2 Å². The van der Waals surface area contributed by atoms with Gasteiger partial charge in [0.05, 0.1) is 17.6 Å². The predicted molar refractivity (Wildman–Crippen MR) is 77.4 cm³/mol. The second-order valence-electron chi connectivity index (χ2n) is 2.94. The lowest BCUT2D eigenvalue weighted by molar-refractivity contribution is 0.882. The van der Waals surface area contributed by atoms with Gasteiger partial charge in [0.15, 0.2) is 0 Å². The summed E-state index contributed by atoms with van der Waals surface area (Å²) in [5.74, 6) is 0. The standard InChI is InChI=1S/C9H6Cl2INS2/c10-6-2-5(9(11)15-6)8(13)4-1-7(12)14-3-4/h1-3,8H,13H2. The quantitative estimate of drug-likeness (QED) is 0.735. The third-order valence-corrected chi connectivity index (χ3v) is 5.29. The average Bonchev–Trinajstić information content (AvgIpc) is 2.71. The Morgan fingerprint density at radius 1 is 1.33 bits per heavy atom. The normalized spacial score (nSPS) is 13.1. The molecular weight excluding hydrogens is 384 g/mol. The molecule has 0 saturated carbocycles. The van der Waals surface area contributed by atoms with Crippen molar-refractivity contribution in [3.8, 4) is 0 Å². The molecule has 0 spiro atoms. The highest BCUT2D eigenvalue weighted by Gasteiger charge is 2.16. The maximum atomic E-state index is 6.11. The van der Waals surface area contributed by atoms with Crippen LogP contribution in [0, 0.1) is 2.88 Å². The molecule has 1 nitrogen and oxygen atoms in total. The van der Waals surface area contributed by atoms with E-state index in [9.17, 15) is 0 Å². The van der Waals surface area contributed by atoms with Crippen molar-refractivity contribution in [1.29, 1.82) is 0 Å². The Bertz CT molecular complexity index is 480. The number of thiophene rings is 2. The summed E-state index contributed by atoms with van der Waals surface area (Å²) in [6, 6.07) is 3.72. The maximum absolute atomic E-state index is 6.11. The number of rotatable bonds is 2. The van der Waals surface area contributed by atoms with Crippen LogP contribution in [0.4, 0.5) is 0 Å². The fourth-order valence-corrected chi connectivity index (χ4v) is 4.19. The minimum atomic E-state index is -0.180. The van der Waals surface area contributed by atoms with Crippen LogP contribution in [0.5, 0.6) is 0 Å². The Morgan fingerprint density at radius 3 is 2.53 bits per heavy atom. The molecule has 0 aliphatic carbocycles. The van der Waals surface area contributed by atoms with Gasteiger partial charge < -0.3 is 5.73 Å². The van der Waals surface area contributed by atoms with E-state index in [-0.39, 0.29) is 6.04 Å². The van der Waals surface area contributed by atoms with Gasteiger partial charge in [0.2, 0.25) is 0 Å². The van der Waals surface area contributed by atoms with Crippen LogP contribution in [0.1, 0.15) is 17.2 Å². The van der Waals surface area contributed by atoms with E-state index in [1.807, 2.05) is 11.4 Å². The molecule has 0 aliphatic heterocycles. The molecule has 0 saturated heterocycles. The van der Waals surface area contributed by atoms with Gasteiger partial charge in [-0.05, 0) is 45.7 Å². The molecule has 15 heavy (non-hydrogen) atoms. The van der Waals surface area contributed by atoms with Crippen LogP contribution in [0.15, 0.2) is 17.5 Å². The zero-order chi connectivity index (χ0) is 11.0. The Hall–Kier alpha value is 0.670. The number of hydrogen-bond donors (Lipinski definition) is 1. The summed E-state index contributed by atoms with van der Waals surface area (Å²) in [5, 5.41) is 2.05. The SMILES string of the molecule is NC(c1csc(I)c1)c1cc(Cl)sc1Cl. The lowest BCUT2D eigenvalue weighted by Crippen LogP contribution is -2.10. The summed E-state index contributed by atoms with van der Waals surface area (Å²) in [4.78, 5) is 0. The van der Waals surface area contributed by atoms with Crippen molar-refractivity contribution < 1.29 is 0 Å². The molecule has 2 heterocycles. The van der Waals surface area contributed by atoms with Gasteiger partial charge in [-0.3, -0.25) is 0 Å². The number of halogens is 3. The van der Waals surface area contributed by atoms with Crippen LogP contribution < -0.4 is 5.73 Å². The largest absolute Gasteiger partial charge is 0.320 e. The van der Waals surface area contributed by atoms with E-state index in [1.54, 1.807) is 11.3 Å². The van der Waals surface area contributed by atoms with Gasteiger partial charge in [-0.1, -0.05) is 23.2 Å². The van der Waals surface area contributed by atoms with Crippen molar-refractivity contribution in [2.75, 3.05) is 0 Å². The summed E-state index contributed by atoms with van der Waals surface area (Å²) in [5.41, 5.74) is 8.10. The van der Waals surface area contributed by atoms with E-state index < -0.39 is 0 Å². The highest BCUT2D eigenvalue weighted by atomic mass is 127. The Morgan fingerprint density at radius 2 is 2.07 bits per heavy atom. The molecule has 1 unspecified atom stereocenters. The minimum Gasteiger partial charge on any atom is -0.320 e. The smallest absolute Gasteiger partial charge is 0.0995 e. The summed E-state index contributed by atoms with van der Waals surface area (Å²) in [6.07, 6.45) is 0. The number of hydrogen-bond acceptors (Lipinski definition) is 3. The Kier molecular flexibility index (Phi) is 3.96. The molecule has 1 atom stereocenters. The Labute approximate surface area is 119 Å². The van der Waals surface area contributed by atoms with Crippen molar-refractivity contribution in [2.24, 2.45) is 5.73 Å². The molecule has 2 aromatic rings. The zero-order valence-electron chi connectivity index (χ0n) is 7.34. The molecule has 2 N–H and O–H groups in total. The second-order valence-corrected chi connectivity index (χ2v) is 8.03. The van der Waals surface area contributed by atoms with E-state index in [0.29, 0.717) is 8.67 Å². The topological polar surface area (TPSA) is 26.0 Å². The van der Waals surface area contributed by atoms with Crippen molar-refractivity contribution in [2.45, 2.75) is 6.04 Å². The predicted octanol–water partition coefficient (Wildman–Crippen LogP) is 4.77. The third-order valence-electron chi connectivity index (χ3n) is 1.96. The molecule has 0 amide bonds. The summed E-state index contributed by atoms with van der Waals surface area (Å²) >= 11 is 17.2. The average molecular weight is 390 g/mol. The van der Waals surface area contributed by atoms with Gasteiger partial charge in [0.25, 0.3) is 0 Å². The molecule has 80 valence electrons. The number of nitrogens with two attached hydrogens (primary N) is 1. The second kappa shape index (κ2) is 4.89. The molecule has 6 heteroatoms. The van der Waals surface area contributed by atoms with E-state index in [2.05, 4.69) is 28.7 Å². The molecule has 2 aromatic heterocycles. The first-order valence-corrected chi connectivity index (χ1v) is 7.55. The van der Waals surface area contributed by atoms with Crippen LogP contribution in [0.25, 0.3) is 0 Å². The van der Waals surface area contributed by atoms with E-state index >= 15 is 0 Å². The first kappa shape index (κ1) is 12.1. The van der Waals surface area contributed by atoms with Crippen molar-refractivity contribution in [3.63, 3.8) is 0 Å². The lowest BCUT2D eigenvalue weighted by Gasteiger charge is -2.07. The van der Waals surface area contributed by atoms with Gasteiger partial charge in [0.1, 0.15) is 0 Å². The van der Waals surface area contributed by atoms with E-state index in [0.717, 1.165) is 11.1 Å². The van der Waals surface area contributed by atoms with Crippen LogP contribution in [-0.2, 0) is 0 Å². The third kappa shape index (κ3) is 2.68. The van der Waals surface area contributed by atoms with E-state index in [4.69, 9.17) is 28.9 Å². The van der Waals surface area contributed by atoms with Gasteiger partial charge in [-0.15, -0.1) is 22.7 Å². The van der Waals surface area contributed by atoms with Gasteiger partial charge in [0, 0.05) is 5.56 Å². The van der Waals surface area contributed by atoms with Crippen LogP contribution in [0.3, 0.4) is 0 Å². The monoisotopic (exact) mass is 389 g/mol. The van der Waals surface area contributed by atoms with Crippen molar-refractivity contribution in [1.82, 2.24) is 0 Å². The molecular formula is C9H6Cl2INS2. The van der Waals surface area contributed by atoms with Crippen LogP contribution >= 0.6 is 68.5 Å². The fourth-order valence-electron chi connectivity index (χ4n) is 1.23. The summed E-state index contributed by atoms with van der Waals surface area (Å²) in [7, 11) is 0. The molecule has 2 rings (SSSR count). The molecule has 0 aliphatic rings. The fraction of sp³-hybridized carbons (Fsp3) is 0.111. The molecule has 0 fully saturated rings. The summed E-state index contributed by atoms with van der Waals surface area (Å²) < 4.78 is 2.57. The highest BCUT2D eigenvalue weighted by Crippen LogP contribution is 2.37. The molecule has 0 aromatic carbocycles. The van der Waals surface area contributed by atoms with Gasteiger partial charge in [-0.2, -0.15) is 0 Å². The van der Waals surface area contributed by atoms with Gasteiger partial charge in [-0.25, -0.2) is 0 Å².